The van der Waals surface area contributed by atoms with Crippen molar-refractivity contribution in [1.82, 2.24) is 4.90 Å². The Kier molecular flexibility index (Phi) is 4.10. The molecule has 1 saturated heterocycles. The maximum absolute atomic E-state index is 12.9. The van der Waals surface area contributed by atoms with E-state index < -0.39 is 0 Å². The van der Waals surface area contributed by atoms with E-state index in [1.165, 1.54) is 12.1 Å². The molecule has 3 nitrogen and oxygen atoms in total. The number of likely N-dealkylation sites (tertiary alicyclic amines) is 1. The summed E-state index contributed by atoms with van der Waals surface area (Å²) in [5, 5.41) is 0. The maximum Gasteiger partial charge on any atom is 0.289 e. The Balaban J connectivity index is 1.73. The van der Waals surface area contributed by atoms with Crippen molar-refractivity contribution < 1.29 is 13.6 Å². The lowest BCUT2D eigenvalue weighted by Crippen LogP contribution is -2.36. The van der Waals surface area contributed by atoms with Gasteiger partial charge in [-0.05, 0) is 65.0 Å². The third-order valence-corrected chi connectivity index (χ3v) is 4.23. The molecular formula is C16H15BrFNO2. The van der Waals surface area contributed by atoms with Crippen molar-refractivity contribution in [3.63, 3.8) is 0 Å². The summed E-state index contributed by atoms with van der Waals surface area (Å²) in [4.78, 5) is 14.3. The summed E-state index contributed by atoms with van der Waals surface area (Å²) >= 11 is 3.21. The minimum atomic E-state index is -0.237. The van der Waals surface area contributed by atoms with E-state index in [0.29, 0.717) is 10.4 Å². The van der Waals surface area contributed by atoms with Gasteiger partial charge in [-0.3, -0.25) is 4.79 Å². The van der Waals surface area contributed by atoms with E-state index in [1.54, 1.807) is 24.3 Å². The first-order chi connectivity index (χ1) is 10.1. The van der Waals surface area contributed by atoms with E-state index in [1.807, 2.05) is 4.90 Å². The zero-order chi connectivity index (χ0) is 14.8. The van der Waals surface area contributed by atoms with Gasteiger partial charge in [0.25, 0.3) is 5.91 Å². The third kappa shape index (κ3) is 3.18. The normalized spacial score (nSPS) is 18.2. The van der Waals surface area contributed by atoms with E-state index in [2.05, 4.69) is 15.9 Å². The van der Waals surface area contributed by atoms with E-state index in [-0.39, 0.29) is 17.8 Å². The fourth-order valence-electron chi connectivity index (χ4n) is 2.78. The highest BCUT2D eigenvalue weighted by Gasteiger charge is 2.30. The zero-order valence-corrected chi connectivity index (χ0v) is 13.0. The summed E-state index contributed by atoms with van der Waals surface area (Å²) in [7, 11) is 0. The number of furan rings is 1. The molecule has 0 aliphatic carbocycles. The van der Waals surface area contributed by atoms with Crippen molar-refractivity contribution in [2.75, 3.05) is 6.54 Å². The Bertz CT molecular complexity index is 638. The number of hydrogen-bond acceptors (Lipinski definition) is 2. The largest absolute Gasteiger partial charge is 0.444 e. The number of amides is 1. The first-order valence-corrected chi connectivity index (χ1v) is 7.73. The molecule has 1 atom stereocenters. The average Bonchev–Trinajstić information content (AvgIpc) is 3.10. The Hall–Kier alpha value is -1.62. The summed E-state index contributed by atoms with van der Waals surface area (Å²) in [5.74, 6) is 0.0386. The van der Waals surface area contributed by atoms with Crippen LogP contribution >= 0.6 is 15.9 Å². The zero-order valence-electron chi connectivity index (χ0n) is 11.4. The van der Waals surface area contributed by atoms with Gasteiger partial charge in [0.2, 0.25) is 0 Å². The molecule has 2 aromatic rings. The molecule has 0 saturated carbocycles. The molecular weight excluding hydrogens is 337 g/mol. The molecule has 1 amide bonds. The molecule has 5 heteroatoms. The minimum absolute atomic E-state index is 0.0784. The van der Waals surface area contributed by atoms with E-state index in [0.717, 1.165) is 31.4 Å². The van der Waals surface area contributed by atoms with Gasteiger partial charge in [-0.2, -0.15) is 0 Å². The van der Waals surface area contributed by atoms with Crippen LogP contribution < -0.4 is 0 Å². The van der Waals surface area contributed by atoms with Crippen LogP contribution in [0.2, 0.25) is 0 Å². The van der Waals surface area contributed by atoms with E-state index in [4.69, 9.17) is 4.42 Å². The van der Waals surface area contributed by atoms with Gasteiger partial charge in [-0.25, -0.2) is 4.39 Å². The fourth-order valence-corrected chi connectivity index (χ4v) is 3.09. The molecule has 3 rings (SSSR count). The van der Waals surface area contributed by atoms with Crippen molar-refractivity contribution >= 4 is 21.8 Å². The fraction of sp³-hybridized carbons (Fsp3) is 0.312. The lowest BCUT2D eigenvalue weighted by Gasteiger charge is -2.23. The van der Waals surface area contributed by atoms with Gasteiger partial charge in [0.1, 0.15) is 5.82 Å². The molecule has 0 radical (unpaired) electrons. The van der Waals surface area contributed by atoms with Gasteiger partial charge in [0.15, 0.2) is 10.4 Å². The molecule has 0 bridgehead atoms. The Morgan fingerprint density at radius 2 is 2.05 bits per heavy atom. The Morgan fingerprint density at radius 1 is 1.29 bits per heavy atom. The van der Waals surface area contributed by atoms with Crippen LogP contribution in [0.15, 0.2) is 45.5 Å². The molecule has 0 spiro atoms. The molecule has 2 heterocycles. The van der Waals surface area contributed by atoms with Gasteiger partial charge >= 0.3 is 0 Å². The SMILES string of the molecule is O=C(c1ccc(Br)o1)N1CCCC1Cc1ccc(F)cc1. The number of benzene rings is 1. The smallest absolute Gasteiger partial charge is 0.289 e. The van der Waals surface area contributed by atoms with Gasteiger partial charge in [0, 0.05) is 12.6 Å². The number of carbonyl (C=O) groups is 1. The number of halogens is 2. The number of carbonyl (C=O) groups excluding carboxylic acids is 1. The lowest BCUT2D eigenvalue weighted by molar-refractivity contribution is 0.0702. The third-order valence-electron chi connectivity index (χ3n) is 3.81. The standard InChI is InChI=1S/C16H15BrFNO2/c17-15-8-7-14(21-15)16(20)19-9-1-2-13(19)10-11-3-5-12(18)6-4-11/h3-8,13H,1-2,9-10H2. The van der Waals surface area contributed by atoms with Crippen molar-refractivity contribution in [3.8, 4) is 0 Å². The lowest BCUT2D eigenvalue weighted by atomic mass is 10.0. The van der Waals surface area contributed by atoms with Crippen molar-refractivity contribution in [2.45, 2.75) is 25.3 Å². The van der Waals surface area contributed by atoms with Crippen molar-refractivity contribution in [1.29, 1.82) is 0 Å². The van der Waals surface area contributed by atoms with Crippen LogP contribution in [0.5, 0.6) is 0 Å². The first kappa shape index (κ1) is 14.3. The second kappa shape index (κ2) is 6.02. The molecule has 1 aromatic heterocycles. The predicted molar refractivity (Wildman–Crippen MR) is 80.6 cm³/mol. The number of rotatable bonds is 3. The summed E-state index contributed by atoms with van der Waals surface area (Å²) in [6, 6.07) is 10.0. The molecule has 1 aliphatic rings. The molecule has 1 unspecified atom stereocenters. The molecule has 0 N–H and O–H groups in total. The molecule has 110 valence electrons. The van der Waals surface area contributed by atoms with Crippen LogP contribution in [0.1, 0.15) is 29.0 Å². The molecule has 21 heavy (non-hydrogen) atoms. The van der Waals surface area contributed by atoms with Crippen LogP contribution in [-0.4, -0.2) is 23.4 Å². The second-order valence-corrected chi connectivity index (χ2v) is 6.01. The van der Waals surface area contributed by atoms with Gasteiger partial charge in [-0.15, -0.1) is 0 Å². The molecule has 1 aliphatic heterocycles. The summed E-state index contributed by atoms with van der Waals surface area (Å²) in [5.41, 5.74) is 1.04. The monoisotopic (exact) mass is 351 g/mol. The Morgan fingerprint density at radius 3 is 2.71 bits per heavy atom. The summed E-state index contributed by atoms with van der Waals surface area (Å²) in [6.07, 6.45) is 2.69. The quantitative estimate of drug-likeness (QED) is 0.836. The van der Waals surface area contributed by atoms with Gasteiger partial charge < -0.3 is 9.32 Å². The Labute approximate surface area is 130 Å². The van der Waals surface area contributed by atoms with Crippen LogP contribution in [0.4, 0.5) is 4.39 Å². The average molecular weight is 352 g/mol. The molecule has 1 aromatic carbocycles. The van der Waals surface area contributed by atoms with Crippen LogP contribution in [0.25, 0.3) is 0 Å². The van der Waals surface area contributed by atoms with Gasteiger partial charge in [-0.1, -0.05) is 12.1 Å². The van der Waals surface area contributed by atoms with Crippen molar-refractivity contribution in [2.24, 2.45) is 0 Å². The summed E-state index contributed by atoms with van der Waals surface area (Å²) in [6.45, 7) is 0.739. The van der Waals surface area contributed by atoms with E-state index >= 15 is 0 Å². The van der Waals surface area contributed by atoms with E-state index in [9.17, 15) is 9.18 Å². The number of hydrogen-bond donors (Lipinski definition) is 0. The first-order valence-electron chi connectivity index (χ1n) is 6.94. The molecule has 1 fully saturated rings. The highest BCUT2D eigenvalue weighted by Crippen LogP contribution is 2.25. The van der Waals surface area contributed by atoms with Crippen molar-refractivity contribution in [3.05, 3.63) is 58.2 Å². The van der Waals surface area contributed by atoms with Gasteiger partial charge in [0.05, 0.1) is 0 Å². The second-order valence-electron chi connectivity index (χ2n) is 5.23. The highest BCUT2D eigenvalue weighted by atomic mass is 79.9. The maximum atomic E-state index is 12.9. The van der Waals surface area contributed by atoms with Crippen LogP contribution in [0.3, 0.4) is 0 Å². The number of nitrogens with zero attached hydrogens (tertiary/aromatic N) is 1. The van der Waals surface area contributed by atoms with Crippen LogP contribution in [-0.2, 0) is 6.42 Å². The highest BCUT2D eigenvalue weighted by molar-refractivity contribution is 9.10. The minimum Gasteiger partial charge on any atom is -0.444 e. The topological polar surface area (TPSA) is 33.5 Å². The summed E-state index contributed by atoms with van der Waals surface area (Å²) < 4.78 is 18.9. The predicted octanol–water partition coefficient (Wildman–Crippen LogP) is 4.03. The van der Waals surface area contributed by atoms with Crippen LogP contribution in [0, 0.1) is 5.82 Å².